The first kappa shape index (κ1) is 21.1. The highest BCUT2D eigenvalue weighted by atomic mass is 32.2. The van der Waals surface area contributed by atoms with Crippen molar-refractivity contribution in [3.63, 3.8) is 0 Å². The van der Waals surface area contributed by atoms with Gasteiger partial charge in [0, 0.05) is 16.5 Å². The van der Waals surface area contributed by atoms with Crippen LogP contribution in [-0.4, -0.2) is 35.7 Å². The SMILES string of the molecule is CSc1ccc2c(=O)n(C(C)C(O)(Cn3cncn3)c3ccc(F)cc3F)cnc2c1. The van der Waals surface area contributed by atoms with Crippen molar-refractivity contribution < 1.29 is 13.9 Å². The molecule has 2 aromatic heterocycles. The summed E-state index contributed by atoms with van der Waals surface area (Å²) in [5.74, 6) is -1.70. The highest BCUT2D eigenvalue weighted by molar-refractivity contribution is 7.98. The van der Waals surface area contributed by atoms with Crippen LogP contribution in [0.1, 0.15) is 18.5 Å². The number of halogens is 2. The van der Waals surface area contributed by atoms with E-state index >= 15 is 0 Å². The van der Waals surface area contributed by atoms with Crippen LogP contribution in [0.15, 0.2) is 65.1 Å². The van der Waals surface area contributed by atoms with Gasteiger partial charge in [0.2, 0.25) is 0 Å². The minimum absolute atomic E-state index is 0.165. The van der Waals surface area contributed by atoms with Gasteiger partial charge in [-0.3, -0.25) is 9.36 Å². The largest absolute Gasteiger partial charge is 0.381 e. The van der Waals surface area contributed by atoms with Gasteiger partial charge < -0.3 is 5.11 Å². The Morgan fingerprint density at radius 1 is 1.19 bits per heavy atom. The molecule has 160 valence electrons. The summed E-state index contributed by atoms with van der Waals surface area (Å²) in [6.45, 7) is 1.36. The van der Waals surface area contributed by atoms with Gasteiger partial charge in [-0.15, -0.1) is 11.8 Å². The molecule has 4 rings (SSSR count). The van der Waals surface area contributed by atoms with Crippen LogP contribution in [0, 0.1) is 11.6 Å². The highest BCUT2D eigenvalue weighted by Gasteiger charge is 2.41. The predicted molar refractivity (Wildman–Crippen MR) is 113 cm³/mol. The molecule has 31 heavy (non-hydrogen) atoms. The Labute approximate surface area is 180 Å². The van der Waals surface area contributed by atoms with Gasteiger partial charge in [0.25, 0.3) is 5.56 Å². The number of aromatic nitrogens is 5. The van der Waals surface area contributed by atoms with Gasteiger partial charge >= 0.3 is 0 Å². The molecule has 0 saturated heterocycles. The summed E-state index contributed by atoms with van der Waals surface area (Å²) in [7, 11) is 0. The first-order chi connectivity index (χ1) is 14.8. The average molecular weight is 443 g/mol. The molecular formula is C21H19F2N5O2S. The monoisotopic (exact) mass is 443 g/mol. The molecule has 0 saturated carbocycles. The maximum atomic E-state index is 14.7. The maximum Gasteiger partial charge on any atom is 0.261 e. The molecule has 0 aliphatic carbocycles. The lowest BCUT2D eigenvalue weighted by Crippen LogP contribution is -2.43. The second-order valence-corrected chi connectivity index (χ2v) is 8.04. The first-order valence-electron chi connectivity index (χ1n) is 9.38. The molecule has 0 fully saturated rings. The van der Waals surface area contributed by atoms with Crippen molar-refractivity contribution in [2.24, 2.45) is 0 Å². The summed E-state index contributed by atoms with van der Waals surface area (Å²) in [5.41, 5.74) is -1.98. The van der Waals surface area contributed by atoms with Crippen molar-refractivity contribution in [2.75, 3.05) is 6.26 Å². The lowest BCUT2D eigenvalue weighted by atomic mass is 9.86. The van der Waals surface area contributed by atoms with Crippen LogP contribution in [0.3, 0.4) is 0 Å². The summed E-state index contributed by atoms with van der Waals surface area (Å²) >= 11 is 1.53. The van der Waals surface area contributed by atoms with E-state index < -0.39 is 23.3 Å². The molecule has 2 heterocycles. The normalized spacial score (nSPS) is 14.5. The third-order valence-electron chi connectivity index (χ3n) is 5.37. The Hall–Kier alpha value is -3.11. The van der Waals surface area contributed by atoms with Crippen molar-refractivity contribution in [3.8, 4) is 0 Å². The Morgan fingerprint density at radius 3 is 2.68 bits per heavy atom. The molecule has 4 aromatic rings. The summed E-state index contributed by atoms with van der Waals surface area (Å²) < 4.78 is 30.8. The van der Waals surface area contributed by atoms with E-state index in [1.807, 2.05) is 12.3 Å². The first-order valence-corrected chi connectivity index (χ1v) is 10.6. The van der Waals surface area contributed by atoms with Gasteiger partial charge in [-0.05, 0) is 37.4 Å². The Morgan fingerprint density at radius 2 is 2.00 bits per heavy atom. The highest BCUT2D eigenvalue weighted by Crippen LogP contribution is 2.36. The third kappa shape index (κ3) is 3.84. The number of hydrogen-bond acceptors (Lipinski definition) is 6. The number of thioether (sulfide) groups is 1. The van der Waals surface area contributed by atoms with E-state index in [-0.39, 0.29) is 17.7 Å². The van der Waals surface area contributed by atoms with Gasteiger partial charge in [0.15, 0.2) is 0 Å². The number of benzene rings is 2. The Bertz CT molecular complexity index is 1290. The standard InChI is InChI=1S/C21H19F2N5O2S/c1-13(28-12-25-19-8-15(31-2)4-5-16(19)20(28)29)21(30,9-27-11-24-10-26-27)17-6-3-14(22)7-18(17)23/h3-8,10-13,30H,9H2,1-2H3. The fourth-order valence-electron chi connectivity index (χ4n) is 3.59. The van der Waals surface area contributed by atoms with Crippen molar-refractivity contribution in [1.29, 1.82) is 0 Å². The van der Waals surface area contributed by atoms with E-state index in [0.717, 1.165) is 11.0 Å². The number of hydrogen-bond donors (Lipinski definition) is 1. The van der Waals surface area contributed by atoms with E-state index in [1.54, 1.807) is 19.1 Å². The summed E-state index contributed by atoms with van der Waals surface area (Å²) in [5, 5.41) is 16.0. The number of aliphatic hydroxyl groups is 1. The van der Waals surface area contributed by atoms with Gasteiger partial charge in [-0.25, -0.2) is 23.4 Å². The fraction of sp³-hybridized carbons (Fsp3) is 0.238. The second-order valence-electron chi connectivity index (χ2n) is 7.16. The zero-order valence-corrected chi connectivity index (χ0v) is 17.6. The van der Waals surface area contributed by atoms with Gasteiger partial charge in [-0.1, -0.05) is 6.07 Å². The van der Waals surface area contributed by atoms with E-state index in [4.69, 9.17) is 0 Å². The van der Waals surface area contributed by atoms with Crippen LogP contribution in [0.2, 0.25) is 0 Å². The van der Waals surface area contributed by atoms with Crippen LogP contribution >= 0.6 is 11.8 Å². The predicted octanol–water partition coefficient (Wildman–Crippen LogP) is 3.14. The van der Waals surface area contributed by atoms with E-state index in [1.165, 1.54) is 46.1 Å². The topological polar surface area (TPSA) is 85.8 Å². The van der Waals surface area contributed by atoms with Crippen molar-refractivity contribution in [2.45, 2.75) is 30.0 Å². The van der Waals surface area contributed by atoms with Crippen LogP contribution < -0.4 is 5.56 Å². The van der Waals surface area contributed by atoms with Crippen LogP contribution in [0.25, 0.3) is 10.9 Å². The lowest BCUT2D eigenvalue weighted by molar-refractivity contribution is -0.0343. The quantitative estimate of drug-likeness (QED) is 0.461. The van der Waals surface area contributed by atoms with E-state index in [0.29, 0.717) is 17.0 Å². The van der Waals surface area contributed by atoms with Crippen LogP contribution in [-0.2, 0) is 12.1 Å². The molecule has 10 heteroatoms. The molecular weight excluding hydrogens is 424 g/mol. The van der Waals surface area contributed by atoms with Crippen LogP contribution in [0.4, 0.5) is 8.78 Å². The summed E-state index contributed by atoms with van der Waals surface area (Å²) in [4.78, 5) is 22.4. The maximum absolute atomic E-state index is 14.7. The van der Waals surface area contributed by atoms with Gasteiger partial charge in [0.05, 0.1) is 29.8 Å². The van der Waals surface area contributed by atoms with E-state index in [9.17, 15) is 18.7 Å². The summed E-state index contributed by atoms with van der Waals surface area (Å²) in [6.07, 6.45) is 5.89. The molecule has 1 N–H and O–H groups in total. The molecule has 0 amide bonds. The molecule has 0 spiro atoms. The zero-order valence-electron chi connectivity index (χ0n) is 16.7. The van der Waals surface area contributed by atoms with E-state index in [2.05, 4.69) is 15.1 Å². The molecule has 2 unspecified atom stereocenters. The van der Waals surface area contributed by atoms with Gasteiger partial charge in [0.1, 0.15) is 29.9 Å². The molecule has 2 aromatic carbocycles. The molecule has 0 aliphatic rings. The minimum atomic E-state index is -1.95. The fourth-order valence-corrected chi connectivity index (χ4v) is 4.03. The lowest BCUT2D eigenvalue weighted by Gasteiger charge is -2.35. The Kier molecular flexibility index (Phi) is 5.59. The zero-order chi connectivity index (χ0) is 22.2. The third-order valence-corrected chi connectivity index (χ3v) is 6.09. The molecule has 7 nitrogen and oxygen atoms in total. The number of fused-ring (bicyclic) bond motifs is 1. The number of rotatable bonds is 6. The molecule has 0 radical (unpaired) electrons. The summed E-state index contributed by atoms with van der Waals surface area (Å²) in [6, 6.07) is 7.24. The van der Waals surface area contributed by atoms with Crippen LogP contribution in [0.5, 0.6) is 0 Å². The number of nitrogens with zero attached hydrogens (tertiary/aromatic N) is 5. The van der Waals surface area contributed by atoms with Crippen molar-refractivity contribution >= 4 is 22.7 Å². The molecule has 0 aliphatic heterocycles. The van der Waals surface area contributed by atoms with Crippen molar-refractivity contribution in [3.05, 3.63) is 82.9 Å². The second kappa shape index (κ2) is 8.20. The molecule has 0 bridgehead atoms. The van der Waals surface area contributed by atoms with Crippen molar-refractivity contribution in [1.82, 2.24) is 24.3 Å². The smallest absolute Gasteiger partial charge is 0.261 e. The molecule has 2 atom stereocenters. The minimum Gasteiger partial charge on any atom is -0.381 e. The Balaban J connectivity index is 1.87. The van der Waals surface area contributed by atoms with Gasteiger partial charge in [-0.2, -0.15) is 5.10 Å². The average Bonchev–Trinajstić information content (AvgIpc) is 3.25.